The molecule has 2 fully saturated rings. The van der Waals surface area contributed by atoms with Gasteiger partial charge in [0.25, 0.3) is 0 Å². The van der Waals surface area contributed by atoms with E-state index in [-0.39, 0.29) is 5.84 Å². The average Bonchev–Trinajstić information content (AvgIpc) is 2.90. The smallest absolute Gasteiger partial charge is 0.189 e. The fraction of sp³-hybridized carbons (Fsp3) is 0.600. The summed E-state index contributed by atoms with van der Waals surface area (Å²) < 4.78 is 0. The molecular formula is C15H22N4O. The number of oxime groups is 1. The summed E-state index contributed by atoms with van der Waals surface area (Å²) in [5, 5.41) is 12.0. The molecule has 1 saturated heterocycles. The number of hydrogen-bond donors (Lipinski definition) is 2. The Morgan fingerprint density at radius 1 is 1.40 bits per heavy atom. The zero-order chi connectivity index (χ0) is 13.9. The van der Waals surface area contributed by atoms with Gasteiger partial charge in [-0.2, -0.15) is 0 Å². The summed E-state index contributed by atoms with van der Waals surface area (Å²) in [6.07, 6.45) is 8.41. The van der Waals surface area contributed by atoms with E-state index in [9.17, 15) is 0 Å². The molecule has 2 atom stereocenters. The highest BCUT2D eigenvalue weighted by atomic mass is 16.4. The third kappa shape index (κ3) is 2.50. The van der Waals surface area contributed by atoms with E-state index in [1.54, 1.807) is 6.20 Å². The largest absolute Gasteiger partial charge is 0.409 e. The molecule has 1 saturated carbocycles. The van der Waals surface area contributed by atoms with E-state index < -0.39 is 0 Å². The van der Waals surface area contributed by atoms with Crippen molar-refractivity contribution in [2.75, 3.05) is 6.54 Å². The third-order valence-corrected chi connectivity index (χ3v) is 4.74. The second-order valence-electron chi connectivity index (χ2n) is 5.87. The number of rotatable bonds is 3. The molecule has 0 radical (unpaired) electrons. The highest BCUT2D eigenvalue weighted by molar-refractivity contribution is 5.96. The first-order valence-corrected chi connectivity index (χ1v) is 7.45. The first-order chi connectivity index (χ1) is 9.79. The van der Waals surface area contributed by atoms with Crippen LogP contribution in [0.3, 0.4) is 0 Å². The lowest BCUT2D eigenvalue weighted by molar-refractivity contribution is 0.175. The minimum atomic E-state index is 0.0972. The van der Waals surface area contributed by atoms with Crippen molar-refractivity contribution in [1.82, 2.24) is 9.88 Å². The number of aromatic nitrogens is 1. The third-order valence-electron chi connectivity index (χ3n) is 4.74. The van der Waals surface area contributed by atoms with Crippen molar-refractivity contribution in [1.29, 1.82) is 0 Å². The van der Waals surface area contributed by atoms with Crippen LogP contribution in [0.25, 0.3) is 0 Å². The lowest BCUT2D eigenvalue weighted by atomic mass is 9.85. The molecule has 1 aromatic rings. The number of nitrogens with two attached hydrogens (primary N) is 1. The van der Waals surface area contributed by atoms with Crippen molar-refractivity contribution in [2.45, 2.75) is 44.7 Å². The van der Waals surface area contributed by atoms with Crippen LogP contribution >= 0.6 is 0 Å². The number of hydrogen-bond acceptors (Lipinski definition) is 4. The molecule has 0 spiro atoms. The minimum absolute atomic E-state index is 0.0972. The molecule has 1 aliphatic heterocycles. The molecule has 108 valence electrons. The summed E-state index contributed by atoms with van der Waals surface area (Å²) in [6.45, 7) is 2.00. The van der Waals surface area contributed by atoms with Gasteiger partial charge >= 0.3 is 0 Å². The number of fused-ring (bicyclic) bond motifs is 1. The fourth-order valence-corrected chi connectivity index (χ4v) is 3.76. The van der Waals surface area contributed by atoms with Crippen molar-refractivity contribution in [2.24, 2.45) is 16.8 Å². The molecule has 2 aliphatic rings. The monoisotopic (exact) mass is 274 g/mol. The Morgan fingerprint density at radius 2 is 2.25 bits per heavy atom. The van der Waals surface area contributed by atoms with Gasteiger partial charge in [-0.15, -0.1) is 0 Å². The first-order valence-electron chi connectivity index (χ1n) is 7.45. The standard InChI is InChI=1S/C15H22N4O/c16-15(18-20)14-12(5-3-8-17-14)10-19-9-7-11-4-1-2-6-13(11)19/h3,5,8,11,13,20H,1-2,4,6-7,9-10H2,(H2,16,18). The molecule has 2 unspecified atom stereocenters. The molecule has 20 heavy (non-hydrogen) atoms. The minimum Gasteiger partial charge on any atom is -0.409 e. The lowest BCUT2D eigenvalue weighted by Gasteiger charge is -2.32. The summed E-state index contributed by atoms with van der Waals surface area (Å²) in [4.78, 5) is 6.80. The normalized spacial score (nSPS) is 27.5. The average molecular weight is 274 g/mol. The summed E-state index contributed by atoms with van der Waals surface area (Å²) in [6, 6.07) is 4.65. The highest BCUT2D eigenvalue weighted by Gasteiger charge is 2.35. The van der Waals surface area contributed by atoms with Crippen LogP contribution in [0.1, 0.15) is 43.4 Å². The highest BCUT2D eigenvalue weighted by Crippen LogP contribution is 2.36. The number of likely N-dealkylation sites (tertiary alicyclic amines) is 1. The van der Waals surface area contributed by atoms with Gasteiger partial charge < -0.3 is 10.9 Å². The quantitative estimate of drug-likeness (QED) is 0.382. The van der Waals surface area contributed by atoms with Crippen LogP contribution in [0.5, 0.6) is 0 Å². The predicted molar refractivity (Wildman–Crippen MR) is 77.5 cm³/mol. The SMILES string of the molecule is N/C(=N/O)c1ncccc1CN1CCC2CCCCC21. The van der Waals surface area contributed by atoms with Crippen LogP contribution in [0, 0.1) is 5.92 Å². The Kier molecular flexibility index (Phi) is 3.87. The van der Waals surface area contributed by atoms with Crippen LogP contribution < -0.4 is 5.73 Å². The molecule has 1 aromatic heterocycles. The maximum Gasteiger partial charge on any atom is 0.189 e. The number of amidine groups is 1. The maximum absolute atomic E-state index is 8.87. The van der Waals surface area contributed by atoms with Gasteiger partial charge in [0.05, 0.1) is 0 Å². The number of nitrogens with zero attached hydrogens (tertiary/aromatic N) is 3. The first kappa shape index (κ1) is 13.4. The van der Waals surface area contributed by atoms with Crippen LogP contribution in [0.15, 0.2) is 23.5 Å². The Hall–Kier alpha value is -1.62. The van der Waals surface area contributed by atoms with E-state index in [0.717, 1.165) is 24.6 Å². The molecule has 5 nitrogen and oxygen atoms in total. The molecular weight excluding hydrogens is 252 g/mol. The summed E-state index contributed by atoms with van der Waals surface area (Å²) in [5.74, 6) is 0.965. The van der Waals surface area contributed by atoms with E-state index in [0.29, 0.717) is 11.7 Å². The number of pyridine rings is 1. The van der Waals surface area contributed by atoms with Gasteiger partial charge in [-0.25, -0.2) is 0 Å². The maximum atomic E-state index is 8.87. The summed E-state index contributed by atoms with van der Waals surface area (Å²) >= 11 is 0. The van der Waals surface area contributed by atoms with Crippen LogP contribution in [0.4, 0.5) is 0 Å². The van der Waals surface area contributed by atoms with Gasteiger partial charge in [-0.05, 0) is 43.4 Å². The Balaban J connectivity index is 1.78. The molecule has 0 amide bonds. The van der Waals surface area contributed by atoms with Crippen LogP contribution in [-0.2, 0) is 6.54 Å². The van der Waals surface area contributed by atoms with Crippen LogP contribution in [-0.4, -0.2) is 33.5 Å². The van der Waals surface area contributed by atoms with Gasteiger partial charge in [0.1, 0.15) is 5.69 Å². The fourth-order valence-electron chi connectivity index (χ4n) is 3.76. The summed E-state index contributed by atoms with van der Waals surface area (Å²) in [5.41, 5.74) is 7.38. The second-order valence-corrected chi connectivity index (χ2v) is 5.87. The van der Waals surface area contributed by atoms with Crippen molar-refractivity contribution in [3.05, 3.63) is 29.6 Å². The Bertz CT molecular complexity index is 502. The van der Waals surface area contributed by atoms with E-state index in [1.807, 2.05) is 12.1 Å². The lowest BCUT2D eigenvalue weighted by Crippen LogP contribution is -2.35. The topological polar surface area (TPSA) is 74.7 Å². The Morgan fingerprint density at radius 3 is 3.10 bits per heavy atom. The van der Waals surface area contributed by atoms with Crippen molar-refractivity contribution in [3.63, 3.8) is 0 Å². The molecule has 0 bridgehead atoms. The second kappa shape index (κ2) is 5.79. The summed E-state index contributed by atoms with van der Waals surface area (Å²) in [7, 11) is 0. The van der Waals surface area contributed by atoms with Crippen molar-refractivity contribution >= 4 is 5.84 Å². The molecule has 5 heteroatoms. The molecule has 2 heterocycles. The molecule has 1 aliphatic carbocycles. The van der Waals surface area contributed by atoms with Gasteiger partial charge in [-0.3, -0.25) is 9.88 Å². The van der Waals surface area contributed by atoms with E-state index in [1.165, 1.54) is 32.1 Å². The molecule has 3 N–H and O–H groups in total. The van der Waals surface area contributed by atoms with E-state index in [2.05, 4.69) is 15.0 Å². The van der Waals surface area contributed by atoms with Gasteiger partial charge in [0, 0.05) is 18.8 Å². The zero-order valence-electron chi connectivity index (χ0n) is 11.7. The van der Waals surface area contributed by atoms with E-state index in [4.69, 9.17) is 10.9 Å². The van der Waals surface area contributed by atoms with Gasteiger partial charge in [-0.1, -0.05) is 24.1 Å². The van der Waals surface area contributed by atoms with Crippen molar-refractivity contribution in [3.8, 4) is 0 Å². The van der Waals surface area contributed by atoms with Gasteiger partial charge in [0.2, 0.25) is 0 Å². The molecule has 3 rings (SSSR count). The van der Waals surface area contributed by atoms with Gasteiger partial charge in [0.15, 0.2) is 5.84 Å². The Labute approximate surface area is 119 Å². The van der Waals surface area contributed by atoms with E-state index >= 15 is 0 Å². The zero-order valence-corrected chi connectivity index (χ0v) is 11.7. The van der Waals surface area contributed by atoms with Crippen LogP contribution in [0.2, 0.25) is 0 Å². The predicted octanol–water partition coefficient (Wildman–Crippen LogP) is 1.94. The molecule has 0 aromatic carbocycles. The van der Waals surface area contributed by atoms with Crippen molar-refractivity contribution < 1.29 is 5.21 Å².